The molecular formula is C13H10ClIO2S. The highest BCUT2D eigenvalue weighted by Gasteiger charge is 2.17. The fourth-order valence-corrected chi connectivity index (χ4v) is 3.60. The van der Waals surface area contributed by atoms with E-state index in [2.05, 4.69) is 34.0 Å². The van der Waals surface area contributed by atoms with E-state index >= 15 is 0 Å². The van der Waals surface area contributed by atoms with Gasteiger partial charge in [0.05, 0.1) is 8.26 Å². The molecule has 1 atom stereocenters. The van der Waals surface area contributed by atoms with Crippen molar-refractivity contribution in [2.75, 3.05) is 13.2 Å². The zero-order chi connectivity index (χ0) is 12.5. The van der Waals surface area contributed by atoms with Crippen molar-refractivity contribution >= 4 is 45.5 Å². The number of alkyl halides is 1. The van der Waals surface area contributed by atoms with Gasteiger partial charge in [0.15, 0.2) is 11.5 Å². The summed E-state index contributed by atoms with van der Waals surface area (Å²) in [6, 6.07) is 8.00. The molecule has 2 nitrogen and oxygen atoms in total. The zero-order valence-corrected chi connectivity index (χ0v) is 13.1. The fraction of sp³-hybridized carbons (Fsp3) is 0.231. The summed E-state index contributed by atoms with van der Waals surface area (Å²) in [7, 11) is 0. The molecule has 94 valence electrons. The van der Waals surface area contributed by atoms with Crippen LogP contribution >= 0.6 is 45.5 Å². The Hall–Kier alpha value is -0.460. The maximum atomic E-state index is 6.49. The standard InChI is InChI=1S/C13H10ClIO2S/c14-13(9-6-12(15)18-7-9)8-1-2-10-11(5-8)17-4-3-16-10/h1-2,5-7,13H,3-4H2. The molecule has 1 aliphatic heterocycles. The fourth-order valence-electron chi connectivity index (χ4n) is 1.87. The Bertz CT molecular complexity index is 570. The first-order valence-corrected chi connectivity index (χ1v) is 7.91. The molecule has 1 unspecified atom stereocenters. The van der Waals surface area contributed by atoms with Gasteiger partial charge in [-0.3, -0.25) is 0 Å². The second kappa shape index (κ2) is 5.27. The molecule has 0 aliphatic carbocycles. The van der Waals surface area contributed by atoms with Crippen molar-refractivity contribution < 1.29 is 9.47 Å². The van der Waals surface area contributed by atoms with Gasteiger partial charge in [-0.15, -0.1) is 22.9 Å². The molecule has 0 amide bonds. The number of ether oxygens (including phenoxy) is 2. The van der Waals surface area contributed by atoms with Crippen LogP contribution in [0.1, 0.15) is 16.5 Å². The Balaban J connectivity index is 1.92. The van der Waals surface area contributed by atoms with Crippen LogP contribution in [0.4, 0.5) is 0 Å². The van der Waals surface area contributed by atoms with E-state index in [4.69, 9.17) is 21.1 Å². The van der Waals surface area contributed by atoms with Crippen molar-refractivity contribution in [2.24, 2.45) is 0 Å². The monoisotopic (exact) mass is 392 g/mol. The highest BCUT2D eigenvalue weighted by Crippen LogP contribution is 2.38. The Morgan fingerprint density at radius 2 is 1.89 bits per heavy atom. The van der Waals surface area contributed by atoms with Crippen LogP contribution < -0.4 is 9.47 Å². The van der Waals surface area contributed by atoms with Gasteiger partial charge in [0, 0.05) is 0 Å². The lowest BCUT2D eigenvalue weighted by molar-refractivity contribution is 0.171. The molecule has 1 aromatic heterocycles. The summed E-state index contributed by atoms with van der Waals surface area (Å²) in [6.07, 6.45) is 0. The summed E-state index contributed by atoms with van der Waals surface area (Å²) in [5.74, 6) is 1.59. The van der Waals surface area contributed by atoms with E-state index in [1.807, 2.05) is 18.2 Å². The Kier molecular flexibility index (Phi) is 3.68. The predicted molar refractivity (Wildman–Crippen MR) is 82.2 cm³/mol. The normalized spacial score (nSPS) is 15.4. The van der Waals surface area contributed by atoms with Crippen LogP contribution in [0, 0.1) is 2.88 Å². The lowest BCUT2D eigenvalue weighted by atomic mass is 10.1. The van der Waals surface area contributed by atoms with Gasteiger partial charge in [0.2, 0.25) is 0 Å². The SMILES string of the molecule is ClC(c1csc(I)c1)c1ccc2c(c1)OCCO2. The van der Waals surface area contributed by atoms with Gasteiger partial charge in [0.25, 0.3) is 0 Å². The van der Waals surface area contributed by atoms with Crippen molar-refractivity contribution in [1.29, 1.82) is 0 Å². The largest absolute Gasteiger partial charge is 0.486 e. The number of rotatable bonds is 2. The molecule has 5 heteroatoms. The van der Waals surface area contributed by atoms with Crippen LogP contribution in [0.25, 0.3) is 0 Å². The van der Waals surface area contributed by atoms with E-state index in [1.54, 1.807) is 11.3 Å². The van der Waals surface area contributed by atoms with E-state index in [1.165, 1.54) is 2.88 Å². The van der Waals surface area contributed by atoms with Crippen molar-refractivity contribution in [3.63, 3.8) is 0 Å². The first-order chi connectivity index (χ1) is 8.74. The molecule has 0 bridgehead atoms. The number of thiophene rings is 1. The summed E-state index contributed by atoms with van der Waals surface area (Å²) in [4.78, 5) is 0. The summed E-state index contributed by atoms with van der Waals surface area (Å²) in [5.41, 5.74) is 2.16. The van der Waals surface area contributed by atoms with E-state index < -0.39 is 0 Å². The van der Waals surface area contributed by atoms with Gasteiger partial charge in [0.1, 0.15) is 13.2 Å². The minimum absolute atomic E-state index is 0.138. The van der Waals surface area contributed by atoms with E-state index in [0.29, 0.717) is 13.2 Å². The Labute approximate surface area is 128 Å². The van der Waals surface area contributed by atoms with Gasteiger partial charge in [-0.1, -0.05) is 6.07 Å². The van der Waals surface area contributed by atoms with E-state index in [9.17, 15) is 0 Å². The molecule has 0 saturated carbocycles. The summed E-state index contributed by atoms with van der Waals surface area (Å²) < 4.78 is 12.3. The first-order valence-electron chi connectivity index (χ1n) is 5.51. The third-order valence-corrected chi connectivity index (χ3v) is 5.05. The van der Waals surface area contributed by atoms with E-state index in [0.717, 1.165) is 22.6 Å². The molecule has 0 N–H and O–H groups in total. The topological polar surface area (TPSA) is 18.5 Å². The van der Waals surface area contributed by atoms with Crippen molar-refractivity contribution in [3.8, 4) is 11.5 Å². The third kappa shape index (κ3) is 2.46. The molecule has 2 heterocycles. The third-order valence-electron chi connectivity index (χ3n) is 2.74. The number of halogens is 2. The van der Waals surface area contributed by atoms with Crippen LogP contribution in [0.5, 0.6) is 11.5 Å². The average molecular weight is 393 g/mol. The number of benzene rings is 1. The Morgan fingerprint density at radius 3 is 2.61 bits per heavy atom. The highest BCUT2D eigenvalue weighted by atomic mass is 127. The van der Waals surface area contributed by atoms with Gasteiger partial charge in [-0.25, -0.2) is 0 Å². The van der Waals surface area contributed by atoms with Crippen LogP contribution in [-0.4, -0.2) is 13.2 Å². The molecule has 2 aromatic rings. The van der Waals surface area contributed by atoms with Crippen LogP contribution in [0.3, 0.4) is 0 Å². The summed E-state index contributed by atoms with van der Waals surface area (Å²) >= 11 is 10.5. The second-order valence-corrected chi connectivity index (χ2v) is 7.19. The molecule has 1 aliphatic rings. The molecule has 3 rings (SSSR count). The molecule has 18 heavy (non-hydrogen) atoms. The molecule has 1 aromatic carbocycles. The van der Waals surface area contributed by atoms with Crippen molar-refractivity contribution in [1.82, 2.24) is 0 Å². The average Bonchev–Trinajstić information content (AvgIpc) is 2.84. The van der Waals surface area contributed by atoms with Crippen LogP contribution in [0.15, 0.2) is 29.6 Å². The zero-order valence-electron chi connectivity index (χ0n) is 9.36. The van der Waals surface area contributed by atoms with Crippen molar-refractivity contribution in [3.05, 3.63) is 43.7 Å². The summed E-state index contributed by atoms with van der Waals surface area (Å²) in [5, 5.41) is 1.96. The van der Waals surface area contributed by atoms with E-state index in [-0.39, 0.29) is 5.38 Å². The second-order valence-electron chi connectivity index (χ2n) is 3.95. The minimum atomic E-state index is -0.138. The van der Waals surface area contributed by atoms with Crippen molar-refractivity contribution in [2.45, 2.75) is 5.38 Å². The summed E-state index contributed by atoms with van der Waals surface area (Å²) in [6.45, 7) is 1.21. The number of hydrogen-bond donors (Lipinski definition) is 0. The molecule has 0 fully saturated rings. The smallest absolute Gasteiger partial charge is 0.161 e. The van der Waals surface area contributed by atoms with Gasteiger partial charge in [-0.05, 0) is 57.3 Å². The quantitative estimate of drug-likeness (QED) is 0.555. The van der Waals surface area contributed by atoms with Crippen LogP contribution in [-0.2, 0) is 0 Å². The van der Waals surface area contributed by atoms with Gasteiger partial charge < -0.3 is 9.47 Å². The maximum absolute atomic E-state index is 6.49. The lowest BCUT2D eigenvalue weighted by Gasteiger charge is -2.19. The first kappa shape index (κ1) is 12.6. The lowest BCUT2D eigenvalue weighted by Crippen LogP contribution is -2.15. The Morgan fingerprint density at radius 1 is 1.11 bits per heavy atom. The molecule has 0 saturated heterocycles. The number of hydrogen-bond acceptors (Lipinski definition) is 3. The van der Waals surface area contributed by atoms with Gasteiger partial charge in [-0.2, -0.15) is 0 Å². The minimum Gasteiger partial charge on any atom is -0.486 e. The maximum Gasteiger partial charge on any atom is 0.161 e. The van der Waals surface area contributed by atoms with Gasteiger partial charge >= 0.3 is 0 Å². The molecule has 0 radical (unpaired) electrons. The van der Waals surface area contributed by atoms with Crippen LogP contribution in [0.2, 0.25) is 0 Å². The number of fused-ring (bicyclic) bond motifs is 1. The highest BCUT2D eigenvalue weighted by molar-refractivity contribution is 14.1. The molecular weight excluding hydrogens is 383 g/mol. The predicted octanol–water partition coefficient (Wildman–Crippen LogP) is 4.45. The molecule has 0 spiro atoms.